The van der Waals surface area contributed by atoms with Gasteiger partial charge in [-0.25, -0.2) is 4.39 Å². The lowest BCUT2D eigenvalue weighted by Gasteiger charge is -2.16. The minimum absolute atomic E-state index is 0.131. The average Bonchev–Trinajstić information content (AvgIpc) is 2.41. The molecule has 1 atom stereocenters. The number of rotatable bonds is 4. The van der Waals surface area contributed by atoms with E-state index in [-0.39, 0.29) is 11.9 Å². The predicted octanol–water partition coefficient (Wildman–Crippen LogP) is 4.26. The molecule has 2 rings (SSSR count). The van der Waals surface area contributed by atoms with E-state index in [1.54, 1.807) is 6.07 Å². The lowest BCUT2D eigenvalue weighted by atomic mass is 10.1. The molecule has 0 aliphatic rings. The third-order valence-corrected chi connectivity index (χ3v) is 4.00. The van der Waals surface area contributed by atoms with E-state index >= 15 is 0 Å². The van der Waals surface area contributed by atoms with Gasteiger partial charge in [0.05, 0.1) is 4.90 Å². The molecule has 1 N–H and O–H groups in total. The second kappa shape index (κ2) is 6.03. The third-order valence-electron chi connectivity index (χ3n) is 2.86. The summed E-state index contributed by atoms with van der Waals surface area (Å²) in [6.45, 7) is 2.03. The highest BCUT2D eigenvalue weighted by Crippen LogP contribution is 2.35. The van der Waals surface area contributed by atoms with E-state index in [2.05, 4.69) is 5.32 Å². The summed E-state index contributed by atoms with van der Waals surface area (Å²) in [4.78, 5) is 1.75. The second-order valence-corrected chi connectivity index (χ2v) is 5.17. The normalized spacial score (nSPS) is 12.4. The number of benzene rings is 2. The molecule has 94 valence electrons. The van der Waals surface area contributed by atoms with E-state index in [0.29, 0.717) is 4.90 Å². The number of hydrogen-bond donors (Lipinski definition) is 1. The second-order valence-electron chi connectivity index (χ2n) is 4.08. The van der Waals surface area contributed by atoms with Gasteiger partial charge in [0.2, 0.25) is 0 Å². The van der Waals surface area contributed by atoms with Crippen LogP contribution in [0.3, 0.4) is 0 Å². The van der Waals surface area contributed by atoms with Crippen molar-refractivity contribution in [3.8, 4) is 0 Å². The van der Waals surface area contributed by atoms with Gasteiger partial charge in [-0.3, -0.25) is 0 Å². The predicted molar refractivity (Wildman–Crippen MR) is 74.4 cm³/mol. The Kier molecular flexibility index (Phi) is 4.39. The smallest absolute Gasteiger partial charge is 0.137 e. The molecule has 0 spiro atoms. The van der Waals surface area contributed by atoms with Gasteiger partial charge in [0.15, 0.2) is 0 Å². The summed E-state index contributed by atoms with van der Waals surface area (Å²) in [5.41, 5.74) is 0.992. The van der Waals surface area contributed by atoms with Crippen molar-refractivity contribution in [1.82, 2.24) is 5.32 Å². The van der Waals surface area contributed by atoms with Gasteiger partial charge >= 0.3 is 0 Å². The highest BCUT2D eigenvalue weighted by molar-refractivity contribution is 7.99. The Balaban J connectivity index is 2.37. The average molecular weight is 261 g/mol. The molecule has 0 aliphatic carbocycles. The van der Waals surface area contributed by atoms with Crippen LogP contribution in [0.2, 0.25) is 0 Å². The molecule has 0 amide bonds. The van der Waals surface area contributed by atoms with Crippen molar-refractivity contribution in [3.63, 3.8) is 0 Å². The minimum Gasteiger partial charge on any atom is -0.313 e. The van der Waals surface area contributed by atoms with Crippen molar-refractivity contribution >= 4 is 11.8 Å². The van der Waals surface area contributed by atoms with Gasteiger partial charge < -0.3 is 5.32 Å². The van der Waals surface area contributed by atoms with Crippen LogP contribution in [0.15, 0.2) is 58.3 Å². The monoisotopic (exact) mass is 261 g/mol. The van der Waals surface area contributed by atoms with Gasteiger partial charge in [-0.2, -0.15) is 0 Å². The standard InChI is InChI=1S/C15H16FNS/c1-11(17-2)13-9-6-10-14(16)15(13)18-12-7-4-3-5-8-12/h3-11,17H,1-2H3. The zero-order chi connectivity index (χ0) is 13.0. The van der Waals surface area contributed by atoms with Gasteiger partial charge in [-0.1, -0.05) is 42.1 Å². The summed E-state index contributed by atoms with van der Waals surface area (Å²) < 4.78 is 14.0. The number of hydrogen-bond acceptors (Lipinski definition) is 2. The number of nitrogens with one attached hydrogen (secondary N) is 1. The number of halogens is 1. The van der Waals surface area contributed by atoms with Crippen LogP contribution in [-0.2, 0) is 0 Å². The van der Waals surface area contributed by atoms with Crippen LogP contribution in [0.1, 0.15) is 18.5 Å². The Morgan fingerprint density at radius 1 is 1.06 bits per heavy atom. The molecule has 0 fully saturated rings. The van der Waals surface area contributed by atoms with Gasteiger partial charge in [0.1, 0.15) is 5.82 Å². The molecule has 0 radical (unpaired) electrons. The molecule has 0 aromatic heterocycles. The van der Waals surface area contributed by atoms with Crippen LogP contribution >= 0.6 is 11.8 Å². The zero-order valence-corrected chi connectivity index (χ0v) is 11.3. The maximum absolute atomic E-state index is 14.0. The first kappa shape index (κ1) is 13.1. The lowest BCUT2D eigenvalue weighted by molar-refractivity contribution is 0.576. The van der Waals surface area contributed by atoms with E-state index in [0.717, 1.165) is 10.5 Å². The Hall–Kier alpha value is -1.32. The highest BCUT2D eigenvalue weighted by Gasteiger charge is 2.14. The minimum atomic E-state index is -0.163. The van der Waals surface area contributed by atoms with Crippen molar-refractivity contribution in [2.24, 2.45) is 0 Å². The first-order chi connectivity index (χ1) is 8.72. The topological polar surface area (TPSA) is 12.0 Å². The molecular weight excluding hydrogens is 245 g/mol. The van der Waals surface area contributed by atoms with Crippen molar-refractivity contribution in [1.29, 1.82) is 0 Å². The van der Waals surface area contributed by atoms with Crippen molar-refractivity contribution in [2.45, 2.75) is 22.8 Å². The van der Waals surface area contributed by atoms with Crippen LogP contribution in [0.5, 0.6) is 0 Å². The fourth-order valence-electron chi connectivity index (χ4n) is 1.74. The molecule has 0 saturated carbocycles. The molecule has 0 heterocycles. The third kappa shape index (κ3) is 2.92. The van der Waals surface area contributed by atoms with Crippen LogP contribution in [0, 0.1) is 5.82 Å². The summed E-state index contributed by atoms with van der Waals surface area (Å²) in [6.07, 6.45) is 0. The molecule has 2 aromatic carbocycles. The first-order valence-corrected chi connectivity index (χ1v) is 6.72. The Morgan fingerprint density at radius 2 is 1.78 bits per heavy atom. The first-order valence-electron chi connectivity index (χ1n) is 5.91. The summed E-state index contributed by atoms with van der Waals surface area (Å²) in [7, 11) is 1.88. The maximum Gasteiger partial charge on any atom is 0.137 e. The van der Waals surface area contributed by atoms with E-state index in [9.17, 15) is 4.39 Å². The fourth-order valence-corrected chi connectivity index (χ4v) is 2.79. The molecule has 1 nitrogen and oxygen atoms in total. The Labute approximate surface area is 111 Å². The van der Waals surface area contributed by atoms with Crippen LogP contribution in [0.25, 0.3) is 0 Å². The van der Waals surface area contributed by atoms with Gasteiger partial charge in [0, 0.05) is 10.9 Å². The van der Waals surface area contributed by atoms with E-state index < -0.39 is 0 Å². The molecule has 2 aromatic rings. The van der Waals surface area contributed by atoms with E-state index in [1.807, 2.05) is 50.4 Å². The molecule has 18 heavy (non-hydrogen) atoms. The van der Waals surface area contributed by atoms with Crippen LogP contribution in [-0.4, -0.2) is 7.05 Å². The largest absolute Gasteiger partial charge is 0.313 e. The quantitative estimate of drug-likeness (QED) is 0.882. The molecule has 0 saturated heterocycles. The summed E-state index contributed by atoms with van der Waals surface area (Å²) >= 11 is 1.47. The van der Waals surface area contributed by atoms with Gasteiger partial charge in [0.25, 0.3) is 0 Å². The summed E-state index contributed by atoms with van der Waals surface area (Å²) in [5, 5.41) is 3.15. The maximum atomic E-state index is 14.0. The van der Waals surface area contributed by atoms with Crippen molar-refractivity contribution in [2.75, 3.05) is 7.05 Å². The van der Waals surface area contributed by atoms with E-state index in [1.165, 1.54) is 17.8 Å². The molecule has 0 bridgehead atoms. The Bertz CT molecular complexity index is 513. The van der Waals surface area contributed by atoms with Crippen LogP contribution in [0.4, 0.5) is 4.39 Å². The Morgan fingerprint density at radius 3 is 2.44 bits per heavy atom. The van der Waals surface area contributed by atoms with Crippen molar-refractivity contribution in [3.05, 3.63) is 59.9 Å². The van der Waals surface area contributed by atoms with Crippen LogP contribution < -0.4 is 5.32 Å². The zero-order valence-electron chi connectivity index (χ0n) is 10.5. The molecule has 0 aliphatic heterocycles. The summed E-state index contributed by atoms with van der Waals surface area (Å²) in [6, 6.07) is 15.2. The van der Waals surface area contributed by atoms with Gasteiger partial charge in [-0.15, -0.1) is 0 Å². The fraction of sp³-hybridized carbons (Fsp3) is 0.200. The molecular formula is C15H16FNS. The van der Waals surface area contributed by atoms with E-state index in [4.69, 9.17) is 0 Å². The van der Waals surface area contributed by atoms with Crippen molar-refractivity contribution < 1.29 is 4.39 Å². The van der Waals surface area contributed by atoms with Gasteiger partial charge in [-0.05, 0) is 37.7 Å². The molecule has 3 heteroatoms. The molecule has 1 unspecified atom stereocenters. The lowest BCUT2D eigenvalue weighted by Crippen LogP contribution is -2.13. The summed E-state index contributed by atoms with van der Waals surface area (Å²) in [5.74, 6) is -0.163. The highest BCUT2D eigenvalue weighted by atomic mass is 32.2. The SMILES string of the molecule is CNC(C)c1cccc(F)c1Sc1ccccc1.